The van der Waals surface area contributed by atoms with E-state index < -0.39 is 0 Å². The molecule has 0 amide bonds. The summed E-state index contributed by atoms with van der Waals surface area (Å²) < 4.78 is 5.15. The highest BCUT2D eigenvalue weighted by molar-refractivity contribution is 8.11. The normalized spacial score (nSPS) is 8.83. The second-order valence-corrected chi connectivity index (χ2v) is 3.31. The van der Waals surface area contributed by atoms with Crippen LogP contribution in [0.5, 0.6) is 0 Å². The zero-order valence-corrected chi connectivity index (χ0v) is 8.50. The van der Waals surface area contributed by atoms with Gasteiger partial charge >= 0.3 is 5.97 Å². The Morgan fingerprint density at radius 2 is 2.33 bits per heavy atom. The summed E-state index contributed by atoms with van der Waals surface area (Å²) in [5.74, 6) is -0.387. The van der Waals surface area contributed by atoms with Crippen molar-refractivity contribution in [3.05, 3.63) is 12.2 Å². The van der Waals surface area contributed by atoms with Crippen LogP contribution in [-0.2, 0) is 9.53 Å². The van der Waals surface area contributed by atoms with Crippen molar-refractivity contribution in [1.82, 2.24) is 5.32 Å². The van der Waals surface area contributed by atoms with Crippen molar-refractivity contribution in [3.63, 3.8) is 0 Å². The fourth-order valence-corrected chi connectivity index (χ4v) is 0.639. The fourth-order valence-electron chi connectivity index (χ4n) is 0.425. The lowest BCUT2D eigenvalue weighted by molar-refractivity contribution is -0.138. The molecule has 68 valence electrons. The number of hydrogen-bond acceptors (Lipinski definition) is 3. The highest BCUT2D eigenvalue weighted by atomic mass is 32.1. The van der Waals surface area contributed by atoms with Gasteiger partial charge in [-0.1, -0.05) is 18.8 Å². The van der Waals surface area contributed by atoms with Gasteiger partial charge in [0.15, 0.2) is 0 Å². The molecule has 0 rings (SSSR count). The van der Waals surface area contributed by atoms with Crippen molar-refractivity contribution < 1.29 is 9.53 Å². The Hall–Kier alpha value is -0.550. The average Bonchev–Trinajstić information content (AvgIpc) is 1.97. The van der Waals surface area contributed by atoms with Crippen molar-refractivity contribution in [3.8, 4) is 0 Å². The molecule has 0 spiro atoms. The quantitative estimate of drug-likeness (QED) is 0.235. The standard InChI is InChI=1S/C7H11NO2S2/c1-5(2)6(9)10-4-3-8-7(11)12/h1,3-4H2,2H3,(H2,8,11,12). The number of thiol groups is 1. The predicted molar refractivity (Wildman–Crippen MR) is 55.4 cm³/mol. The molecule has 0 aromatic carbocycles. The van der Waals surface area contributed by atoms with Gasteiger partial charge in [0.2, 0.25) is 0 Å². The minimum absolute atomic E-state index is 0.270. The lowest BCUT2D eigenvalue weighted by Crippen LogP contribution is -2.23. The molecule has 0 radical (unpaired) electrons. The Morgan fingerprint density at radius 3 is 2.75 bits per heavy atom. The summed E-state index contributed by atoms with van der Waals surface area (Å²) in [5, 5.41) is 2.73. The van der Waals surface area contributed by atoms with Crippen LogP contribution in [0.2, 0.25) is 0 Å². The highest BCUT2D eigenvalue weighted by Crippen LogP contribution is 1.90. The van der Waals surface area contributed by atoms with E-state index in [9.17, 15) is 4.79 Å². The Balaban J connectivity index is 3.38. The lowest BCUT2D eigenvalue weighted by atomic mass is 10.4. The van der Waals surface area contributed by atoms with E-state index in [0.717, 1.165) is 0 Å². The second kappa shape index (κ2) is 6.02. The molecular formula is C7H11NO2S2. The van der Waals surface area contributed by atoms with Gasteiger partial charge in [-0.05, 0) is 6.92 Å². The van der Waals surface area contributed by atoms with E-state index in [-0.39, 0.29) is 12.6 Å². The van der Waals surface area contributed by atoms with E-state index in [1.165, 1.54) is 0 Å². The van der Waals surface area contributed by atoms with Crippen LogP contribution in [0.4, 0.5) is 0 Å². The van der Waals surface area contributed by atoms with E-state index in [2.05, 4.69) is 36.7 Å². The SMILES string of the molecule is C=C(C)C(=O)OCCNC(=S)S. The highest BCUT2D eigenvalue weighted by Gasteiger charge is 2.01. The lowest BCUT2D eigenvalue weighted by Gasteiger charge is -2.04. The summed E-state index contributed by atoms with van der Waals surface area (Å²) >= 11 is 8.45. The summed E-state index contributed by atoms with van der Waals surface area (Å²) in [7, 11) is 0. The summed E-state index contributed by atoms with van der Waals surface area (Å²) in [4.78, 5) is 10.8. The topological polar surface area (TPSA) is 38.3 Å². The molecule has 0 fully saturated rings. The number of rotatable bonds is 4. The molecule has 0 heterocycles. The van der Waals surface area contributed by atoms with Crippen LogP contribution in [0.1, 0.15) is 6.92 Å². The Kier molecular flexibility index (Phi) is 5.74. The van der Waals surface area contributed by atoms with Gasteiger partial charge in [0.05, 0.1) is 6.54 Å². The number of nitrogens with one attached hydrogen (secondary N) is 1. The van der Waals surface area contributed by atoms with Crippen LogP contribution in [0.3, 0.4) is 0 Å². The van der Waals surface area contributed by atoms with Gasteiger partial charge in [-0.15, -0.1) is 12.6 Å². The minimum atomic E-state index is -0.387. The third kappa shape index (κ3) is 6.18. The summed E-state index contributed by atoms with van der Waals surface area (Å²) in [6.07, 6.45) is 0. The van der Waals surface area contributed by atoms with Gasteiger partial charge in [-0.25, -0.2) is 4.79 Å². The summed E-state index contributed by atoms with van der Waals surface area (Å²) in [6.45, 7) is 5.77. The first kappa shape index (κ1) is 11.4. The van der Waals surface area contributed by atoms with Gasteiger partial charge in [-0.2, -0.15) is 0 Å². The maximum absolute atomic E-state index is 10.8. The maximum atomic E-state index is 10.8. The van der Waals surface area contributed by atoms with E-state index in [1.807, 2.05) is 0 Å². The number of esters is 1. The number of ether oxygens (including phenoxy) is 1. The Bertz CT molecular complexity index is 204. The van der Waals surface area contributed by atoms with E-state index >= 15 is 0 Å². The van der Waals surface area contributed by atoms with Gasteiger partial charge in [0, 0.05) is 5.57 Å². The van der Waals surface area contributed by atoms with E-state index in [0.29, 0.717) is 16.4 Å². The van der Waals surface area contributed by atoms with Crippen molar-refractivity contribution in [2.24, 2.45) is 0 Å². The Labute approximate surface area is 82.6 Å². The molecule has 0 unspecified atom stereocenters. The van der Waals surface area contributed by atoms with Crippen LogP contribution in [0.25, 0.3) is 0 Å². The van der Waals surface area contributed by atoms with Gasteiger partial charge in [0.25, 0.3) is 0 Å². The largest absolute Gasteiger partial charge is 0.460 e. The number of carbonyl (C=O) groups excluding carboxylic acids is 1. The second-order valence-electron chi connectivity index (χ2n) is 2.15. The molecule has 1 N–H and O–H groups in total. The Morgan fingerprint density at radius 1 is 1.75 bits per heavy atom. The summed E-state index contributed by atoms with van der Waals surface area (Å²) in [5.41, 5.74) is 0.392. The molecule has 0 saturated heterocycles. The summed E-state index contributed by atoms with van der Waals surface area (Å²) in [6, 6.07) is 0. The molecule has 0 aromatic rings. The zero-order valence-electron chi connectivity index (χ0n) is 6.79. The first-order valence-electron chi connectivity index (χ1n) is 3.33. The predicted octanol–water partition coefficient (Wildman–Crippen LogP) is 0.910. The molecular weight excluding hydrogens is 194 g/mol. The van der Waals surface area contributed by atoms with Crippen LogP contribution < -0.4 is 5.32 Å². The van der Waals surface area contributed by atoms with Gasteiger partial charge < -0.3 is 10.1 Å². The molecule has 3 nitrogen and oxygen atoms in total. The van der Waals surface area contributed by atoms with Crippen LogP contribution >= 0.6 is 24.8 Å². The molecule has 12 heavy (non-hydrogen) atoms. The number of thiocarbonyl (C=S) groups is 1. The van der Waals surface area contributed by atoms with Gasteiger partial charge in [-0.3, -0.25) is 0 Å². The third-order valence-electron chi connectivity index (χ3n) is 0.960. The zero-order chi connectivity index (χ0) is 9.56. The molecule has 0 saturated carbocycles. The minimum Gasteiger partial charge on any atom is -0.460 e. The number of carbonyl (C=O) groups is 1. The first-order valence-corrected chi connectivity index (χ1v) is 4.19. The van der Waals surface area contributed by atoms with Gasteiger partial charge in [0.1, 0.15) is 10.9 Å². The average molecular weight is 205 g/mol. The number of hydrogen-bond donors (Lipinski definition) is 2. The molecule has 0 aliphatic carbocycles. The van der Waals surface area contributed by atoms with Crippen molar-refractivity contribution in [2.75, 3.05) is 13.2 Å². The van der Waals surface area contributed by atoms with Crippen LogP contribution in [0, 0.1) is 0 Å². The van der Waals surface area contributed by atoms with E-state index in [4.69, 9.17) is 4.74 Å². The smallest absolute Gasteiger partial charge is 0.333 e. The fraction of sp³-hybridized carbons (Fsp3) is 0.429. The van der Waals surface area contributed by atoms with Crippen molar-refractivity contribution >= 4 is 35.1 Å². The molecule has 0 bridgehead atoms. The van der Waals surface area contributed by atoms with Crippen molar-refractivity contribution in [2.45, 2.75) is 6.92 Å². The molecule has 0 aromatic heterocycles. The first-order chi connectivity index (χ1) is 5.54. The molecule has 0 aliphatic heterocycles. The van der Waals surface area contributed by atoms with E-state index in [1.54, 1.807) is 6.92 Å². The van der Waals surface area contributed by atoms with Crippen LogP contribution in [0.15, 0.2) is 12.2 Å². The van der Waals surface area contributed by atoms with Crippen molar-refractivity contribution in [1.29, 1.82) is 0 Å². The maximum Gasteiger partial charge on any atom is 0.333 e. The molecule has 0 aliphatic rings. The molecule has 0 atom stereocenters. The third-order valence-corrected chi connectivity index (χ3v) is 1.26. The van der Waals surface area contributed by atoms with Crippen LogP contribution in [-0.4, -0.2) is 23.4 Å². The molecule has 5 heteroatoms. The monoisotopic (exact) mass is 205 g/mol.